The van der Waals surface area contributed by atoms with Crippen molar-refractivity contribution >= 4 is 40.2 Å². The van der Waals surface area contributed by atoms with Gasteiger partial charge in [-0.3, -0.25) is 24.1 Å². The van der Waals surface area contributed by atoms with Gasteiger partial charge in [-0.25, -0.2) is 0 Å². The second kappa shape index (κ2) is 7.79. The lowest BCUT2D eigenvalue weighted by Gasteiger charge is -2.17. The third-order valence-corrected chi connectivity index (χ3v) is 4.89. The van der Waals surface area contributed by atoms with E-state index in [1.54, 1.807) is 18.2 Å². The Morgan fingerprint density at radius 2 is 1.50 bits per heavy atom. The molecule has 1 atom stereocenters. The summed E-state index contributed by atoms with van der Waals surface area (Å²) in [5.41, 5.74) is 1.09. The highest BCUT2D eigenvalue weighted by molar-refractivity contribution is 6.22. The third kappa shape index (κ3) is 3.53. The molecule has 0 fully saturated rings. The predicted molar refractivity (Wildman–Crippen MR) is 110 cm³/mol. The lowest BCUT2D eigenvalue weighted by Crippen LogP contribution is -2.38. The first-order valence-electron chi connectivity index (χ1n) is 9.39. The van der Waals surface area contributed by atoms with E-state index < -0.39 is 36.3 Å². The summed E-state index contributed by atoms with van der Waals surface area (Å²) in [6.07, 6.45) is -1.10. The quantitative estimate of drug-likeness (QED) is 0.523. The van der Waals surface area contributed by atoms with Gasteiger partial charge in [0.25, 0.3) is 17.7 Å². The van der Waals surface area contributed by atoms with E-state index >= 15 is 0 Å². The maximum atomic E-state index is 12.5. The number of hydrogen-bond donors (Lipinski definition) is 1. The number of anilines is 1. The first-order chi connectivity index (χ1) is 14.5. The van der Waals surface area contributed by atoms with Crippen molar-refractivity contribution in [1.82, 2.24) is 4.90 Å². The molecule has 3 aromatic carbocycles. The van der Waals surface area contributed by atoms with Crippen molar-refractivity contribution in [2.24, 2.45) is 0 Å². The van der Waals surface area contributed by atoms with Crippen molar-refractivity contribution in [3.05, 3.63) is 77.9 Å². The molecule has 3 aromatic rings. The standard InChI is InChI=1S/C23H18N2O5/c1-14(21(27)24-19-12-6-8-15-7-2-3-9-16(15)19)30-20(26)13-25-22(28)17-10-4-5-11-18(17)23(25)29/h2-12,14H,13H2,1H3,(H,24,27)/t14-/m1/s1. The molecule has 1 aliphatic heterocycles. The van der Waals surface area contributed by atoms with Crippen LogP contribution in [0.1, 0.15) is 27.6 Å². The van der Waals surface area contributed by atoms with Gasteiger partial charge >= 0.3 is 5.97 Å². The highest BCUT2D eigenvalue weighted by Crippen LogP contribution is 2.24. The number of nitrogens with zero attached hydrogens (tertiary/aromatic N) is 1. The number of esters is 1. The molecule has 150 valence electrons. The molecule has 0 saturated carbocycles. The number of imide groups is 1. The molecule has 0 aromatic heterocycles. The van der Waals surface area contributed by atoms with Crippen LogP contribution in [0.25, 0.3) is 10.8 Å². The molecule has 7 heteroatoms. The highest BCUT2D eigenvalue weighted by atomic mass is 16.5. The molecule has 1 heterocycles. The average Bonchev–Trinajstić information content (AvgIpc) is 2.99. The summed E-state index contributed by atoms with van der Waals surface area (Å²) in [6, 6.07) is 19.4. The van der Waals surface area contributed by atoms with Crippen molar-refractivity contribution in [2.75, 3.05) is 11.9 Å². The fraction of sp³-hybridized carbons (Fsp3) is 0.130. The zero-order valence-electron chi connectivity index (χ0n) is 16.1. The Labute approximate surface area is 172 Å². The molecule has 0 saturated heterocycles. The zero-order chi connectivity index (χ0) is 21.3. The molecule has 1 N–H and O–H groups in total. The molecule has 0 aliphatic carbocycles. The minimum Gasteiger partial charge on any atom is -0.451 e. The lowest BCUT2D eigenvalue weighted by atomic mass is 10.1. The number of ether oxygens (including phenoxy) is 1. The van der Waals surface area contributed by atoms with E-state index in [0.717, 1.165) is 15.7 Å². The number of fused-ring (bicyclic) bond motifs is 2. The largest absolute Gasteiger partial charge is 0.451 e. The number of carbonyl (C=O) groups excluding carboxylic acids is 4. The summed E-state index contributed by atoms with van der Waals surface area (Å²) in [5.74, 6) is -2.46. The fourth-order valence-corrected chi connectivity index (χ4v) is 3.37. The lowest BCUT2D eigenvalue weighted by molar-refractivity contribution is -0.153. The van der Waals surface area contributed by atoms with Crippen LogP contribution in [0.5, 0.6) is 0 Å². The number of carbonyl (C=O) groups is 4. The van der Waals surface area contributed by atoms with Gasteiger partial charge in [-0.1, -0.05) is 48.5 Å². The Balaban J connectivity index is 1.40. The van der Waals surface area contributed by atoms with Gasteiger partial charge in [-0.05, 0) is 30.5 Å². The minimum absolute atomic E-state index is 0.247. The number of hydrogen-bond acceptors (Lipinski definition) is 5. The molecule has 0 unspecified atom stereocenters. The zero-order valence-corrected chi connectivity index (χ0v) is 16.1. The Morgan fingerprint density at radius 1 is 0.900 bits per heavy atom. The molecular formula is C23H18N2O5. The SMILES string of the molecule is C[C@@H](OC(=O)CN1C(=O)c2ccccc2C1=O)C(=O)Nc1cccc2ccccc12. The van der Waals surface area contributed by atoms with Crippen molar-refractivity contribution in [3.8, 4) is 0 Å². The van der Waals surface area contributed by atoms with Gasteiger partial charge in [0, 0.05) is 11.1 Å². The molecule has 3 amide bonds. The van der Waals surface area contributed by atoms with Gasteiger partial charge in [0.05, 0.1) is 11.1 Å². The van der Waals surface area contributed by atoms with Gasteiger partial charge in [0.2, 0.25) is 0 Å². The van der Waals surface area contributed by atoms with Gasteiger partial charge in [0.1, 0.15) is 6.54 Å². The van der Waals surface area contributed by atoms with Gasteiger partial charge < -0.3 is 10.1 Å². The van der Waals surface area contributed by atoms with Crippen LogP contribution in [0.15, 0.2) is 66.7 Å². The fourth-order valence-electron chi connectivity index (χ4n) is 3.37. The van der Waals surface area contributed by atoms with Crippen LogP contribution >= 0.6 is 0 Å². The maximum absolute atomic E-state index is 12.5. The Hall–Kier alpha value is -4.00. The second-order valence-electron chi connectivity index (χ2n) is 6.89. The highest BCUT2D eigenvalue weighted by Gasteiger charge is 2.37. The van der Waals surface area contributed by atoms with Gasteiger partial charge in [-0.15, -0.1) is 0 Å². The minimum atomic E-state index is -1.10. The molecule has 30 heavy (non-hydrogen) atoms. The number of amides is 3. The third-order valence-electron chi connectivity index (χ3n) is 4.89. The van der Waals surface area contributed by atoms with E-state index in [1.165, 1.54) is 19.1 Å². The molecule has 1 aliphatic rings. The number of rotatable bonds is 5. The molecule has 0 bridgehead atoms. The maximum Gasteiger partial charge on any atom is 0.326 e. The Bertz CT molecular complexity index is 1150. The van der Waals surface area contributed by atoms with Crippen LogP contribution in [0.4, 0.5) is 5.69 Å². The van der Waals surface area contributed by atoms with Gasteiger partial charge in [-0.2, -0.15) is 0 Å². The molecule has 4 rings (SSSR count). The normalized spacial score (nSPS) is 13.8. The van der Waals surface area contributed by atoms with Crippen molar-refractivity contribution in [1.29, 1.82) is 0 Å². The van der Waals surface area contributed by atoms with Crippen LogP contribution in [0.3, 0.4) is 0 Å². The van der Waals surface area contributed by atoms with E-state index in [9.17, 15) is 19.2 Å². The van der Waals surface area contributed by atoms with Crippen molar-refractivity contribution in [2.45, 2.75) is 13.0 Å². The molecule has 7 nitrogen and oxygen atoms in total. The number of nitrogens with one attached hydrogen (secondary N) is 1. The molecule has 0 spiro atoms. The van der Waals surface area contributed by atoms with E-state index in [-0.39, 0.29) is 11.1 Å². The molecule has 0 radical (unpaired) electrons. The first kappa shape index (κ1) is 19.3. The second-order valence-corrected chi connectivity index (χ2v) is 6.89. The topological polar surface area (TPSA) is 92.8 Å². The van der Waals surface area contributed by atoms with E-state index in [2.05, 4.69) is 5.32 Å². The summed E-state index contributed by atoms with van der Waals surface area (Å²) in [7, 11) is 0. The summed E-state index contributed by atoms with van der Waals surface area (Å²) in [4.78, 5) is 50.3. The van der Waals surface area contributed by atoms with E-state index in [1.807, 2.05) is 36.4 Å². The Morgan fingerprint density at radius 3 is 2.20 bits per heavy atom. The molecular weight excluding hydrogens is 384 g/mol. The van der Waals surface area contributed by atoms with E-state index in [0.29, 0.717) is 5.69 Å². The van der Waals surface area contributed by atoms with E-state index in [4.69, 9.17) is 4.74 Å². The van der Waals surface area contributed by atoms with Crippen molar-refractivity contribution < 1.29 is 23.9 Å². The van der Waals surface area contributed by atoms with Crippen LogP contribution in [-0.4, -0.2) is 41.2 Å². The summed E-state index contributed by atoms with van der Waals surface area (Å²) in [6.45, 7) is 0.874. The predicted octanol–water partition coefficient (Wildman–Crippen LogP) is 3.01. The van der Waals surface area contributed by atoms with Gasteiger partial charge in [0.15, 0.2) is 6.10 Å². The smallest absolute Gasteiger partial charge is 0.326 e. The van der Waals surface area contributed by atoms with Crippen LogP contribution < -0.4 is 5.32 Å². The van der Waals surface area contributed by atoms with Crippen LogP contribution in [0.2, 0.25) is 0 Å². The summed E-state index contributed by atoms with van der Waals surface area (Å²) < 4.78 is 5.16. The average molecular weight is 402 g/mol. The van der Waals surface area contributed by atoms with Crippen LogP contribution in [-0.2, 0) is 14.3 Å². The summed E-state index contributed by atoms with van der Waals surface area (Å²) >= 11 is 0. The Kier molecular flexibility index (Phi) is 5.02. The monoisotopic (exact) mass is 402 g/mol. The first-order valence-corrected chi connectivity index (χ1v) is 9.39. The number of benzene rings is 3. The van der Waals surface area contributed by atoms with Crippen molar-refractivity contribution in [3.63, 3.8) is 0 Å². The van der Waals surface area contributed by atoms with Crippen LogP contribution in [0, 0.1) is 0 Å². The summed E-state index contributed by atoms with van der Waals surface area (Å²) in [5, 5.41) is 4.57.